The number of hydrogen-bond acceptors (Lipinski definition) is 6. The lowest BCUT2D eigenvalue weighted by molar-refractivity contribution is 0.0855. The Morgan fingerprint density at radius 3 is 2.85 bits per heavy atom. The zero-order valence-electron chi connectivity index (χ0n) is 11.7. The SMILES string of the molecule is CC1(NC(=O)c2sc(N3CCC(N)C3)nc2N)CCC1. The molecule has 1 unspecified atom stereocenters. The number of anilines is 2. The summed E-state index contributed by atoms with van der Waals surface area (Å²) in [5.41, 5.74) is 11.7. The predicted octanol–water partition coefficient (Wildman–Crippen LogP) is 0.935. The van der Waals surface area contributed by atoms with E-state index in [4.69, 9.17) is 11.5 Å². The summed E-state index contributed by atoms with van der Waals surface area (Å²) in [4.78, 5) is 19.3. The number of carbonyl (C=O) groups excluding carboxylic acids is 1. The van der Waals surface area contributed by atoms with Crippen molar-refractivity contribution in [3.8, 4) is 0 Å². The van der Waals surface area contributed by atoms with Crippen molar-refractivity contribution in [3.05, 3.63) is 4.88 Å². The van der Waals surface area contributed by atoms with Crippen LogP contribution in [0.5, 0.6) is 0 Å². The minimum Gasteiger partial charge on any atom is -0.382 e. The minimum absolute atomic E-state index is 0.0658. The number of rotatable bonds is 3. The number of nitrogens with one attached hydrogen (secondary N) is 1. The summed E-state index contributed by atoms with van der Waals surface area (Å²) in [6.45, 7) is 3.74. The number of nitrogens with zero attached hydrogens (tertiary/aromatic N) is 2. The Morgan fingerprint density at radius 1 is 1.55 bits per heavy atom. The molecule has 7 heteroatoms. The highest BCUT2D eigenvalue weighted by Gasteiger charge is 2.34. The summed E-state index contributed by atoms with van der Waals surface area (Å²) in [6.07, 6.45) is 4.20. The van der Waals surface area contributed by atoms with Crippen LogP contribution in [-0.2, 0) is 0 Å². The molecule has 0 radical (unpaired) electrons. The first-order valence-corrected chi connectivity index (χ1v) is 7.88. The molecule has 1 aromatic heterocycles. The first-order chi connectivity index (χ1) is 9.47. The molecule has 5 N–H and O–H groups in total. The Balaban J connectivity index is 1.73. The first kappa shape index (κ1) is 13.6. The topological polar surface area (TPSA) is 97.3 Å². The van der Waals surface area contributed by atoms with Gasteiger partial charge < -0.3 is 21.7 Å². The van der Waals surface area contributed by atoms with Gasteiger partial charge in [-0.25, -0.2) is 4.98 Å². The van der Waals surface area contributed by atoms with Gasteiger partial charge in [-0.3, -0.25) is 4.79 Å². The molecule has 3 rings (SSSR count). The standard InChI is InChI=1S/C13H21N5OS/c1-13(4-2-5-13)17-11(19)9-10(15)16-12(20-9)18-6-3-8(14)7-18/h8H,2-7,14-15H2,1H3,(H,17,19). The molecule has 0 aromatic carbocycles. The largest absolute Gasteiger partial charge is 0.382 e. The molecule has 6 nitrogen and oxygen atoms in total. The maximum Gasteiger partial charge on any atom is 0.265 e. The molecule has 2 heterocycles. The average Bonchev–Trinajstić information content (AvgIpc) is 2.93. The number of aromatic nitrogens is 1. The molecule has 1 amide bonds. The van der Waals surface area contributed by atoms with Gasteiger partial charge in [0, 0.05) is 24.7 Å². The number of amides is 1. The van der Waals surface area contributed by atoms with E-state index in [0.29, 0.717) is 10.7 Å². The van der Waals surface area contributed by atoms with Crippen molar-refractivity contribution in [2.75, 3.05) is 23.7 Å². The lowest BCUT2D eigenvalue weighted by Crippen LogP contribution is -2.50. The van der Waals surface area contributed by atoms with Crippen LogP contribution in [0, 0.1) is 0 Å². The van der Waals surface area contributed by atoms with Gasteiger partial charge in [0.2, 0.25) is 0 Å². The third kappa shape index (κ3) is 2.47. The van der Waals surface area contributed by atoms with Gasteiger partial charge in [-0.1, -0.05) is 11.3 Å². The van der Waals surface area contributed by atoms with Gasteiger partial charge in [0.1, 0.15) is 10.7 Å². The normalized spacial score (nSPS) is 24.5. The minimum atomic E-state index is -0.100. The van der Waals surface area contributed by atoms with Crippen molar-refractivity contribution in [2.45, 2.75) is 44.2 Å². The Bertz CT molecular complexity index is 525. The fraction of sp³-hybridized carbons (Fsp3) is 0.692. The van der Waals surface area contributed by atoms with Crippen LogP contribution in [0.2, 0.25) is 0 Å². The molecule has 1 aliphatic heterocycles. The number of thiazole rings is 1. The number of nitrogens with two attached hydrogens (primary N) is 2. The molecule has 0 bridgehead atoms. The molecule has 1 saturated heterocycles. The average molecular weight is 295 g/mol. The second-order valence-electron chi connectivity index (χ2n) is 6.07. The van der Waals surface area contributed by atoms with Crippen LogP contribution in [0.1, 0.15) is 42.3 Å². The van der Waals surface area contributed by atoms with E-state index < -0.39 is 0 Å². The highest BCUT2D eigenvalue weighted by Crippen LogP contribution is 2.34. The maximum absolute atomic E-state index is 12.3. The van der Waals surface area contributed by atoms with Crippen molar-refractivity contribution < 1.29 is 4.79 Å². The maximum atomic E-state index is 12.3. The van der Waals surface area contributed by atoms with E-state index in [1.807, 2.05) is 0 Å². The smallest absolute Gasteiger partial charge is 0.265 e. The lowest BCUT2D eigenvalue weighted by atomic mass is 9.78. The van der Waals surface area contributed by atoms with Crippen LogP contribution >= 0.6 is 11.3 Å². The van der Waals surface area contributed by atoms with Crippen molar-refractivity contribution in [3.63, 3.8) is 0 Å². The van der Waals surface area contributed by atoms with E-state index in [2.05, 4.69) is 22.1 Å². The van der Waals surface area contributed by atoms with Crippen LogP contribution in [-0.4, -0.2) is 35.6 Å². The Labute approximate surface area is 122 Å². The molecule has 1 saturated carbocycles. The van der Waals surface area contributed by atoms with Crippen molar-refractivity contribution in [2.24, 2.45) is 5.73 Å². The summed E-state index contributed by atoms with van der Waals surface area (Å²) in [7, 11) is 0. The molecular weight excluding hydrogens is 274 g/mol. The van der Waals surface area contributed by atoms with Gasteiger partial charge >= 0.3 is 0 Å². The van der Waals surface area contributed by atoms with Gasteiger partial charge in [0.25, 0.3) is 5.91 Å². The predicted molar refractivity (Wildman–Crippen MR) is 81.1 cm³/mol. The van der Waals surface area contributed by atoms with Crippen LogP contribution in [0.3, 0.4) is 0 Å². The van der Waals surface area contributed by atoms with E-state index >= 15 is 0 Å². The Hall–Kier alpha value is -1.34. The molecule has 2 fully saturated rings. The zero-order chi connectivity index (χ0) is 14.3. The summed E-state index contributed by atoms with van der Waals surface area (Å²) in [5, 5.41) is 3.88. The lowest BCUT2D eigenvalue weighted by Gasteiger charge is -2.38. The van der Waals surface area contributed by atoms with Crippen LogP contribution in [0.4, 0.5) is 10.9 Å². The molecule has 1 atom stereocenters. The van der Waals surface area contributed by atoms with Gasteiger partial charge in [-0.15, -0.1) is 0 Å². The molecule has 110 valence electrons. The van der Waals surface area contributed by atoms with E-state index in [-0.39, 0.29) is 17.5 Å². The summed E-state index contributed by atoms with van der Waals surface area (Å²) >= 11 is 1.36. The third-order valence-corrected chi connectivity index (χ3v) is 5.35. The zero-order valence-corrected chi connectivity index (χ0v) is 12.5. The van der Waals surface area contributed by atoms with Crippen LogP contribution < -0.4 is 21.7 Å². The quantitative estimate of drug-likeness (QED) is 0.771. The Kier molecular flexibility index (Phi) is 3.33. The first-order valence-electron chi connectivity index (χ1n) is 7.06. The van der Waals surface area contributed by atoms with E-state index in [1.54, 1.807) is 0 Å². The number of carbonyl (C=O) groups is 1. The molecule has 1 aliphatic carbocycles. The second kappa shape index (κ2) is 4.89. The fourth-order valence-electron chi connectivity index (χ4n) is 2.74. The third-order valence-electron chi connectivity index (χ3n) is 4.22. The summed E-state index contributed by atoms with van der Waals surface area (Å²) < 4.78 is 0. The van der Waals surface area contributed by atoms with Crippen LogP contribution in [0.15, 0.2) is 0 Å². The summed E-state index contributed by atoms with van der Waals surface area (Å²) in [5.74, 6) is 0.225. The van der Waals surface area contributed by atoms with Crippen LogP contribution in [0.25, 0.3) is 0 Å². The molecular formula is C13H21N5OS. The van der Waals surface area contributed by atoms with Crippen molar-refractivity contribution in [1.29, 1.82) is 0 Å². The van der Waals surface area contributed by atoms with E-state index in [0.717, 1.165) is 37.5 Å². The second-order valence-corrected chi connectivity index (χ2v) is 7.05. The van der Waals surface area contributed by atoms with Gasteiger partial charge in [0.15, 0.2) is 5.13 Å². The van der Waals surface area contributed by atoms with Gasteiger partial charge in [0.05, 0.1) is 0 Å². The highest BCUT2D eigenvalue weighted by atomic mass is 32.1. The Morgan fingerprint density at radius 2 is 2.30 bits per heavy atom. The van der Waals surface area contributed by atoms with Crippen molar-refractivity contribution >= 4 is 28.2 Å². The molecule has 1 aromatic rings. The number of nitrogen functional groups attached to an aromatic ring is 1. The van der Waals surface area contributed by atoms with Gasteiger partial charge in [-0.05, 0) is 32.6 Å². The van der Waals surface area contributed by atoms with E-state index in [9.17, 15) is 4.79 Å². The fourth-order valence-corrected chi connectivity index (χ4v) is 3.66. The number of hydrogen-bond donors (Lipinski definition) is 3. The summed E-state index contributed by atoms with van der Waals surface area (Å²) in [6, 6.07) is 0.186. The highest BCUT2D eigenvalue weighted by molar-refractivity contribution is 7.18. The monoisotopic (exact) mass is 295 g/mol. The van der Waals surface area contributed by atoms with Crippen molar-refractivity contribution in [1.82, 2.24) is 10.3 Å². The molecule has 20 heavy (non-hydrogen) atoms. The van der Waals surface area contributed by atoms with E-state index in [1.165, 1.54) is 17.8 Å². The molecule has 2 aliphatic rings. The molecule has 0 spiro atoms. The van der Waals surface area contributed by atoms with Gasteiger partial charge in [-0.2, -0.15) is 0 Å².